The SMILES string of the molecule is CC(C)[C@@H](CO)NC(=O)CC1(CN2Cc3ccccc3C2=O)CCCCC1. The lowest BCUT2D eigenvalue weighted by Crippen LogP contribution is -2.46. The van der Waals surface area contributed by atoms with E-state index in [0.29, 0.717) is 19.5 Å². The molecule has 148 valence electrons. The number of benzene rings is 1. The number of rotatable bonds is 7. The van der Waals surface area contributed by atoms with Crippen molar-refractivity contribution in [3.63, 3.8) is 0 Å². The summed E-state index contributed by atoms with van der Waals surface area (Å²) in [7, 11) is 0. The van der Waals surface area contributed by atoms with Gasteiger partial charge in [0.25, 0.3) is 5.91 Å². The summed E-state index contributed by atoms with van der Waals surface area (Å²) in [6.45, 7) is 5.23. The Kier molecular flexibility index (Phi) is 6.20. The first-order valence-corrected chi connectivity index (χ1v) is 10.2. The van der Waals surface area contributed by atoms with E-state index in [0.717, 1.165) is 36.8 Å². The van der Waals surface area contributed by atoms with Crippen molar-refractivity contribution < 1.29 is 14.7 Å². The molecule has 1 aliphatic carbocycles. The fourth-order valence-corrected chi connectivity index (χ4v) is 4.56. The van der Waals surface area contributed by atoms with E-state index in [1.165, 1.54) is 6.42 Å². The highest BCUT2D eigenvalue weighted by Crippen LogP contribution is 2.41. The molecule has 1 heterocycles. The van der Waals surface area contributed by atoms with E-state index < -0.39 is 0 Å². The van der Waals surface area contributed by atoms with Crippen LogP contribution in [0.2, 0.25) is 0 Å². The molecule has 2 aliphatic rings. The number of amides is 2. The maximum absolute atomic E-state index is 12.8. The van der Waals surface area contributed by atoms with Gasteiger partial charge in [0.1, 0.15) is 0 Å². The van der Waals surface area contributed by atoms with Gasteiger partial charge in [-0.15, -0.1) is 0 Å². The Balaban J connectivity index is 1.70. The predicted molar refractivity (Wildman–Crippen MR) is 105 cm³/mol. The minimum atomic E-state index is -0.212. The second-order valence-electron chi connectivity index (χ2n) is 8.66. The first-order chi connectivity index (χ1) is 12.9. The van der Waals surface area contributed by atoms with E-state index in [-0.39, 0.29) is 35.8 Å². The van der Waals surface area contributed by atoms with Gasteiger partial charge in [-0.2, -0.15) is 0 Å². The monoisotopic (exact) mass is 372 g/mol. The molecule has 2 amide bonds. The van der Waals surface area contributed by atoms with Gasteiger partial charge in [0.05, 0.1) is 12.6 Å². The second-order valence-corrected chi connectivity index (χ2v) is 8.66. The van der Waals surface area contributed by atoms with Crippen LogP contribution >= 0.6 is 0 Å². The third-order valence-corrected chi connectivity index (χ3v) is 6.22. The van der Waals surface area contributed by atoms with Crippen molar-refractivity contribution in [3.8, 4) is 0 Å². The van der Waals surface area contributed by atoms with Crippen LogP contribution in [0.3, 0.4) is 0 Å². The molecule has 5 heteroatoms. The molecule has 1 aromatic carbocycles. The zero-order chi connectivity index (χ0) is 19.4. The number of carbonyl (C=O) groups is 2. The molecular weight excluding hydrogens is 340 g/mol. The first kappa shape index (κ1) is 19.9. The van der Waals surface area contributed by atoms with E-state index in [1.807, 2.05) is 43.0 Å². The van der Waals surface area contributed by atoms with Gasteiger partial charge in [0.2, 0.25) is 5.91 Å². The molecular formula is C22H32N2O3. The summed E-state index contributed by atoms with van der Waals surface area (Å²) in [6, 6.07) is 7.58. The van der Waals surface area contributed by atoms with Crippen LogP contribution in [0.4, 0.5) is 0 Å². The third kappa shape index (κ3) is 4.52. The number of nitrogens with one attached hydrogen (secondary N) is 1. The van der Waals surface area contributed by atoms with Crippen LogP contribution in [-0.4, -0.2) is 41.0 Å². The number of carbonyl (C=O) groups excluding carboxylic acids is 2. The van der Waals surface area contributed by atoms with Crippen molar-refractivity contribution in [2.24, 2.45) is 11.3 Å². The summed E-state index contributed by atoms with van der Waals surface area (Å²) in [6.07, 6.45) is 5.79. The van der Waals surface area contributed by atoms with Crippen molar-refractivity contribution in [1.29, 1.82) is 0 Å². The molecule has 3 rings (SSSR count). The summed E-state index contributed by atoms with van der Waals surface area (Å²) < 4.78 is 0. The molecule has 2 N–H and O–H groups in total. The largest absolute Gasteiger partial charge is 0.394 e. The average Bonchev–Trinajstić information content (AvgIpc) is 2.96. The van der Waals surface area contributed by atoms with Gasteiger partial charge in [0, 0.05) is 25.1 Å². The average molecular weight is 373 g/mol. The van der Waals surface area contributed by atoms with Crippen molar-refractivity contribution in [1.82, 2.24) is 10.2 Å². The molecule has 0 unspecified atom stereocenters. The highest BCUT2D eigenvalue weighted by Gasteiger charge is 2.39. The molecule has 5 nitrogen and oxygen atoms in total. The number of aliphatic hydroxyl groups excluding tert-OH is 1. The summed E-state index contributed by atoms with van der Waals surface area (Å²) in [4.78, 5) is 27.5. The molecule has 1 saturated carbocycles. The molecule has 1 fully saturated rings. The normalized spacial score (nSPS) is 19.9. The molecule has 1 atom stereocenters. The topological polar surface area (TPSA) is 69.6 Å². The smallest absolute Gasteiger partial charge is 0.254 e. The van der Waals surface area contributed by atoms with Gasteiger partial charge in [-0.1, -0.05) is 51.3 Å². The quantitative estimate of drug-likeness (QED) is 0.773. The van der Waals surface area contributed by atoms with Gasteiger partial charge >= 0.3 is 0 Å². The Hall–Kier alpha value is -1.88. The van der Waals surface area contributed by atoms with E-state index in [4.69, 9.17) is 0 Å². The first-order valence-electron chi connectivity index (χ1n) is 10.2. The van der Waals surface area contributed by atoms with Crippen LogP contribution in [0.1, 0.15) is 68.3 Å². The van der Waals surface area contributed by atoms with Gasteiger partial charge in [-0.05, 0) is 35.8 Å². The standard InChI is InChI=1S/C22H32N2O3/c1-16(2)19(14-25)23-20(26)12-22(10-6-3-7-11-22)15-24-13-17-8-4-5-9-18(17)21(24)27/h4-5,8-9,16,19,25H,3,6-7,10-15H2,1-2H3,(H,23,26)/t19-/m1/s1. The van der Waals surface area contributed by atoms with E-state index in [9.17, 15) is 14.7 Å². The van der Waals surface area contributed by atoms with Crippen molar-refractivity contribution in [2.45, 2.75) is 65.0 Å². The van der Waals surface area contributed by atoms with Gasteiger partial charge in [-0.25, -0.2) is 0 Å². The maximum atomic E-state index is 12.8. The molecule has 0 saturated heterocycles. The lowest BCUT2D eigenvalue weighted by Gasteiger charge is -2.40. The van der Waals surface area contributed by atoms with E-state index in [1.54, 1.807) is 0 Å². The predicted octanol–water partition coefficient (Wildman–Crippen LogP) is 3.12. The van der Waals surface area contributed by atoms with E-state index >= 15 is 0 Å². The van der Waals surface area contributed by atoms with E-state index in [2.05, 4.69) is 5.32 Å². The summed E-state index contributed by atoms with van der Waals surface area (Å²) in [5.41, 5.74) is 1.72. The Morgan fingerprint density at radius 3 is 2.56 bits per heavy atom. The zero-order valence-electron chi connectivity index (χ0n) is 16.5. The van der Waals surface area contributed by atoms with Gasteiger partial charge in [-0.3, -0.25) is 9.59 Å². The fourth-order valence-electron chi connectivity index (χ4n) is 4.56. The van der Waals surface area contributed by atoms with Crippen LogP contribution in [0, 0.1) is 11.3 Å². The molecule has 1 aromatic rings. The Morgan fingerprint density at radius 2 is 1.93 bits per heavy atom. The van der Waals surface area contributed by atoms with Crippen molar-refractivity contribution in [3.05, 3.63) is 35.4 Å². The number of aliphatic hydroxyl groups is 1. The summed E-state index contributed by atoms with van der Waals surface area (Å²) >= 11 is 0. The van der Waals surface area contributed by atoms with Crippen LogP contribution in [0.5, 0.6) is 0 Å². The fraction of sp³-hybridized carbons (Fsp3) is 0.636. The van der Waals surface area contributed by atoms with Crippen molar-refractivity contribution in [2.75, 3.05) is 13.2 Å². The number of hydrogen-bond donors (Lipinski definition) is 2. The molecule has 0 radical (unpaired) electrons. The van der Waals surface area contributed by atoms with Crippen LogP contribution in [0.25, 0.3) is 0 Å². The minimum absolute atomic E-state index is 0.00573. The molecule has 0 bridgehead atoms. The molecule has 0 spiro atoms. The summed E-state index contributed by atoms with van der Waals surface area (Å²) in [5.74, 6) is 0.274. The molecule has 1 aliphatic heterocycles. The number of hydrogen-bond acceptors (Lipinski definition) is 3. The van der Waals surface area contributed by atoms with Gasteiger partial charge in [0.15, 0.2) is 0 Å². The molecule has 0 aromatic heterocycles. The highest BCUT2D eigenvalue weighted by atomic mass is 16.3. The van der Waals surface area contributed by atoms with Gasteiger partial charge < -0.3 is 15.3 Å². The summed E-state index contributed by atoms with van der Waals surface area (Å²) in [5, 5.41) is 12.5. The minimum Gasteiger partial charge on any atom is -0.394 e. The lowest BCUT2D eigenvalue weighted by atomic mass is 9.71. The van der Waals surface area contributed by atoms with Crippen LogP contribution in [-0.2, 0) is 11.3 Å². The highest BCUT2D eigenvalue weighted by molar-refractivity contribution is 5.98. The second kappa shape index (κ2) is 8.42. The maximum Gasteiger partial charge on any atom is 0.254 e. The number of fused-ring (bicyclic) bond motifs is 1. The third-order valence-electron chi connectivity index (χ3n) is 6.22. The Bertz CT molecular complexity index is 680. The van der Waals surface area contributed by atoms with Crippen molar-refractivity contribution >= 4 is 11.8 Å². The number of nitrogens with zero attached hydrogens (tertiary/aromatic N) is 1. The molecule has 27 heavy (non-hydrogen) atoms. The van der Waals surface area contributed by atoms with Crippen LogP contribution in [0.15, 0.2) is 24.3 Å². The Labute approximate surface area is 162 Å². The Morgan fingerprint density at radius 1 is 1.22 bits per heavy atom. The van der Waals surface area contributed by atoms with Crippen LogP contribution < -0.4 is 5.32 Å². The lowest BCUT2D eigenvalue weighted by molar-refractivity contribution is -0.125. The zero-order valence-corrected chi connectivity index (χ0v) is 16.5.